The van der Waals surface area contributed by atoms with Gasteiger partial charge in [-0.2, -0.15) is 0 Å². The molecule has 0 aliphatic rings. The minimum Gasteiger partial charge on any atom is -0.495 e. The highest BCUT2D eigenvalue weighted by Gasteiger charge is 2.21. The third kappa shape index (κ3) is 3.71. The summed E-state index contributed by atoms with van der Waals surface area (Å²) < 4.78 is 5.80. The number of hydrogen-bond acceptors (Lipinski definition) is 4. The summed E-state index contributed by atoms with van der Waals surface area (Å²) in [4.78, 5) is 24.7. The van der Waals surface area contributed by atoms with Crippen LogP contribution in [0.1, 0.15) is 23.0 Å². The Morgan fingerprint density at radius 3 is 2.67 bits per heavy atom. The van der Waals surface area contributed by atoms with Crippen molar-refractivity contribution in [2.45, 2.75) is 13.3 Å². The Balaban J connectivity index is 2.90. The highest BCUT2D eigenvalue weighted by Crippen LogP contribution is 2.34. The molecule has 1 amide bonds. The number of carboxylic acids is 1. The number of thiophene rings is 1. The van der Waals surface area contributed by atoms with Crippen molar-refractivity contribution in [3.63, 3.8) is 0 Å². The summed E-state index contributed by atoms with van der Waals surface area (Å²) in [5.41, 5.74) is 0. The number of methoxy groups -OCH3 is 1. The Hall–Kier alpha value is -1.08. The summed E-state index contributed by atoms with van der Waals surface area (Å²) in [6, 6.07) is 1.61. The van der Waals surface area contributed by atoms with Crippen molar-refractivity contribution in [3.05, 3.63) is 14.7 Å². The minimum absolute atomic E-state index is 0.284. The quantitative estimate of drug-likeness (QED) is 0.867. The monoisotopic (exact) mass is 335 g/mol. The number of ether oxygens (including phenoxy) is 1. The SMILES string of the molecule is CCCN(CC(=O)O)C(=O)c1cc(OC)c(Br)s1. The van der Waals surface area contributed by atoms with Gasteiger partial charge >= 0.3 is 5.97 Å². The van der Waals surface area contributed by atoms with Gasteiger partial charge < -0.3 is 14.7 Å². The Kier molecular flexibility index (Phi) is 5.61. The number of halogens is 1. The van der Waals surface area contributed by atoms with E-state index in [1.165, 1.54) is 23.3 Å². The van der Waals surface area contributed by atoms with E-state index in [9.17, 15) is 9.59 Å². The number of nitrogens with zero attached hydrogens (tertiary/aromatic N) is 1. The third-order valence-electron chi connectivity index (χ3n) is 2.19. The zero-order valence-corrected chi connectivity index (χ0v) is 12.5. The molecule has 18 heavy (non-hydrogen) atoms. The second kappa shape index (κ2) is 6.75. The van der Waals surface area contributed by atoms with Gasteiger partial charge in [0, 0.05) is 12.6 Å². The van der Waals surface area contributed by atoms with Crippen LogP contribution in [0.3, 0.4) is 0 Å². The van der Waals surface area contributed by atoms with Crippen LogP contribution in [0.2, 0.25) is 0 Å². The number of hydrogen-bond donors (Lipinski definition) is 1. The molecule has 7 heteroatoms. The zero-order valence-electron chi connectivity index (χ0n) is 10.1. The molecular weight excluding hydrogens is 322 g/mol. The van der Waals surface area contributed by atoms with Crippen LogP contribution < -0.4 is 4.74 Å². The van der Waals surface area contributed by atoms with Crippen molar-refractivity contribution >= 4 is 39.1 Å². The number of aliphatic carboxylic acids is 1. The maximum absolute atomic E-state index is 12.1. The first kappa shape index (κ1) is 15.0. The van der Waals surface area contributed by atoms with Crippen LogP contribution >= 0.6 is 27.3 Å². The predicted molar refractivity (Wildman–Crippen MR) is 72.4 cm³/mol. The van der Waals surface area contributed by atoms with Gasteiger partial charge in [-0.25, -0.2) is 0 Å². The molecule has 0 bridgehead atoms. The molecule has 0 atom stereocenters. The van der Waals surface area contributed by atoms with E-state index in [-0.39, 0.29) is 12.5 Å². The molecule has 0 aliphatic carbocycles. The first-order valence-corrected chi connectivity index (χ1v) is 6.95. The van der Waals surface area contributed by atoms with Gasteiger partial charge in [0.05, 0.1) is 12.0 Å². The van der Waals surface area contributed by atoms with E-state index in [4.69, 9.17) is 9.84 Å². The van der Waals surface area contributed by atoms with E-state index in [1.54, 1.807) is 6.07 Å². The summed E-state index contributed by atoms with van der Waals surface area (Å²) in [7, 11) is 1.52. The molecule has 0 aliphatic heterocycles. The van der Waals surface area contributed by atoms with Crippen LogP contribution in [-0.2, 0) is 4.79 Å². The first-order chi connectivity index (χ1) is 8.49. The molecule has 0 saturated carbocycles. The van der Waals surface area contributed by atoms with Crippen LogP contribution in [-0.4, -0.2) is 42.1 Å². The molecule has 0 saturated heterocycles. The molecule has 0 aromatic carbocycles. The van der Waals surface area contributed by atoms with Crippen LogP contribution in [0.5, 0.6) is 5.75 Å². The molecule has 5 nitrogen and oxygen atoms in total. The second-order valence-electron chi connectivity index (χ2n) is 3.57. The Bertz CT molecular complexity index is 446. The maximum Gasteiger partial charge on any atom is 0.323 e. The van der Waals surface area contributed by atoms with Crippen molar-refractivity contribution in [1.82, 2.24) is 4.90 Å². The molecule has 1 heterocycles. The summed E-state index contributed by atoms with van der Waals surface area (Å²) in [5, 5.41) is 8.79. The first-order valence-electron chi connectivity index (χ1n) is 5.34. The Labute approximate surface area is 117 Å². The minimum atomic E-state index is -1.01. The van der Waals surface area contributed by atoms with Crippen LogP contribution in [0.25, 0.3) is 0 Å². The van der Waals surface area contributed by atoms with Gasteiger partial charge in [0.1, 0.15) is 16.1 Å². The van der Waals surface area contributed by atoms with Crippen LogP contribution in [0, 0.1) is 0 Å². The largest absolute Gasteiger partial charge is 0.495 e. The number of rotatable bonds is 6. The molecule has 1 N–H and O–H groups in total. The average molecular weight is 336 g/mol. The zero-order chi connectivity index (χ0) is 13.7. The van der Waals surface area contributed by atoms with Crippen LogP contribution in [0.15, 0.2) is 9.85 Å². The fourth-order valence-corrected chi connectivity index (χ4v) is 3.06. The summed E-state index contributed by atoms with van der Waals surface area (Å²) in [6.07, 6.45) is 0.711. The highest BCUT2D eigenvalue weighted by atomic mass is 79.9. The lowest BCUT2D eigenvalue weighted by atomic mass is 10.3. The van der Waals surface area contributed by atoms with Gasteiger partial charge in [0.2, 0.25) is 0 Å². The van der Waals surface area contributed by atoms with Crippen molar-refractivity contribution < 1.29 is 19.4 Å². The van der Waals surface area contributed by atoms with Gasteiger partial charge in [-0.15, -0.1) is 11.3 Å². The molecule has 0 fully saturated rings. The molecule has 1 aromatic heterocycles. The topological polar surface area (TPSA) is 66.8 Å². The molecule has 1 rings (SSSR count). The lowest BCUT2D eigenvalue weighted by Crippen LogP contribution is -2.35. The number of carboxylic acid groups (broad SMARTS) is 1. The van der Waals surface area contributed by atoms with E-state index in [0.29, 0.717) is 23.6 Å². The van der Waals surface area contributed by atoms with Crippen molar-refractivity contribution in [2.75, 3.05) is 20.2 Å². The molecule has 1 aromatic rings. The van der Waals surface area contributed by atoms with Crippen molar-refractivity contribution in [2.24, 2.45) is 0 Å². The molecule has 0 unspecified atom stereocenters. The molecule has 100 valence electrons. The van der Waals surface area contributed by atoms with E-state index >= 15 is 0 Å². The Morgan fingerprint density at radius 1 is 1.56 bits per heavy atom. The van der Waals surface area contributed by atoms with Gasteiger partial charge in [-0.05, 0) is 22.4 Å². The van der Waals surface area contributed by atoms with Crippen molar-refractivity contribution in [3.8, 4) is 5.75 Å². The summed E-state index contributed by atoms with van der Waals surface area (Å²) in [6.45, 7) is 2.03. The Morgan fingerprint density at radius 2 is 2.22 bits per heavy atom. The second-order valence-corrected chi connectivity index (χ2v) is 5.94. The summed E-state index contributed by atoms with van der Waals surface area (Å²) >= 11 is 4.53. The van der Waals surface area contributed by atoms with E-state index in [0.717, 1.165) is 3.79 Å². The van der Waals surface area contributed by atoms with Gasteiger partial charge in [-0.1, -0.05) is 6.92 Å². The van der Waals surface area contributed by atoms with Crippen LogP contribution in [0.4, 0.5) is 0 Å². The average Bonchev–Trinajstić information content (AvgIpc) is 2.68. The number of carbonyl (C=O) groups excluding carboxylic acids is 1. The van der Waals surface area contributed by atoms with Gasteiger partial charge in [0.15, 0.2) is 0 Å². The maximum atomic E-state index is 12.1. The summed E-state index contributed by atoms with van der Waals surface area (Å²) in [5.74, 6) is -0.720. The predicted octanol–water partition coefficient (Wildman–Crippen LogP) is 2.46. The van der Waals surface area contributed by atoms with Gasteiger partial charge in [0.25, 0.3) is 5.91 Å². The lowest BCUT2D eigenvalue weighted by molar-refractivity contribution is -0.137. The highest BCUT2D eigenvalue weighted by molar-refractivity contribution is 9.11. The van der Waals surface area contributed by atoms with Crippen molar-refractivity contribution in [1.29, 1.82) is 0 Å². The van der Waals surface area contributed by atoms with E-state index in [1.807, 2.05) is 6.92 Å². The van der Waals surface area contributed by atoms with E-state index < -0.39 is 5.97 Å². The molecule has 0 spiro atoms. The molecule has 0 radical (unpaired) electrons. The fourth-order valence-electron chi connectivity index (χ4n) is 1.44. The smallest absolute Gasteiger partial charge is 0.323 e. The fraction of sp³-hybridized carbons (Fsp3) is 0.455. The number of amides is 1. The van der Waals surface area contributed by atoms with E-state index in [2.05, 4.69) is 15.9 Å². The standard InChI is InChI=1S/C11H14BrNO4S/c1-3-4-13(6-9(14)15)11(16)8-5-7(17-2)10(12)18-8/h5H,3-4,6H2,1-2H3,(H,14,15). The lowest BCUT2D eigenvalue weighted by Gasteiger charge is -2.18. The van der Waals surface area contributed by atoms with Gasteiger partial charge in [-0.3, -0.25) is 9.59 Å². The number of carbonyl (C=O) groups is 2. The normalized spacial score (nSPS) is 10.2. The molecular formula is C11H14BrNO4S. The third-order valence-corrected chi connectivity index (χ3v) is 3.96.